The Balaban J connectivity index is 2.22. The molecule has 0 bridgehead atoms. The van der Waals surface area contributed by atoms with Crippen molar-refractivity contribution in [2.45, 2.75) is 13.3 Å². The van der Waals surface area contributed by atoms with E-state index in [1.165, 1.54) is 11.3 Å². The molecule has 0 radical (unpaired) electrons. The van der Waals surface area contributed by atoms with Crippen molar-refractivity contribution in [1.29, 1.82) is 0 Å². The van der Waals surface area contributed by atoms with Gasteiger partial charge in [-0.05, 0) is 25.1 Å². The quantitative estimate of drug-likeness (QED) is 0.792. The fourth-order valence-corrected chi connectivity index (χ4v) is 2.47. The van der Waals surface area contributed by atoms with E-state index < -0.39 is 0 Å². The second kappa shape index (κ2) is 5.17. The fourth-order valence-electron chi connectivity index (χ4n) is 1.46. The second-order valence-corrected chi connectivity index (χ2v) is 5.49. The summed E-state index contributed by atoms with van der Waals surface area (Å²) in [6, 6.07) is 4.88. The van der Waals surface area contributed by atoms with Gasteiger partial charge in [0.15, 0.2) is 5.78 Å². The van der Waals surface area contributed by atoms with Crippen molar-refractivity contribution in [2.24, 2.45) is 0 Å². The highest BCUT2D eigenvalue weighted by Gasteiger charge is 2.13. The van der Waals surface area contributed by atoms with Crippen LogP contribution in [0.25, 0.3) is 0 Å². The number of carbonyl (C=O) groups is 1. The van der Waals surface area contributed by atoms with E-state index in [1.807, 2.05) is 12.3 Å². The molecule has 0 aliphatic rings. The van der Waals surface area contributed by atoms with E-state index in [2.05, 4.69) is 4.98 Å². The van der Waals surface area contributed by atoms with Crippen molar-refractivity contribution in [3.8, 4) is 0 Å². The number of Topliss-reactive ketones (excluding diaryl/α,β-unsaturated/α-hetero) is 1. The zero-order chi connectivity index (χ0) is 12.4. The van der Waals surface area contributed by atoms with Gasteiger partial charge in [-0.15, -0.1) is 11.3 Å². The largest absolute Gasteiger partial charge is 0.294 e. The number of ketones is 1. The third kappa shape index (κ3) is 3.06. The molecular weight excluding hydrogens is 277 g/mol. The van der Waals surface area contributed by atoms with Crippen molar-refractivity contribution in [1.82, 2.24) is 4.98 Å². The maximum atomic E-state index is 12.0. The Morgan fingerprint density at radius 1 is 1.41 bits per heavy atom. The van der Waals surface area contributed by atoms with Crippen LogP contribution in [0.1, 0.15) is 21.1 Å². The minimum atomic E-state index is -0.0669. The van der Waals surface area contributed by atoms with Gasteiger partial charge in [0, 0.05) is 16.0 Å². The van der Waals surface area contributed by atoms with Crippen LogP contribution < -0.4 is 0 Å². The van der Waals surface area contributed by atoms with Gasteiger partial charge in [-0.2, -0.15) is 0 Å². The van der Waals surface area contributed by atoms with Crippen LogP contribution in [0.5, 0.6) is 0 Å². The smallest absolute Gasteiger partial charge is 0.170 e. The van der Waals surface area contributed by atoms with E-state index in [-0.39, 0.29) is 12.2 Å². The normalized spacial score (nSPS) is 10.5. The van der Waals surface area contributed by atoms with E-state index in [4.69, 9.17) is 23.2 Å². The molecule has 0 aliphatic carbocycles. The molecule has 0 saturated carbocycles. The number of halogens is 2. The molecule has 1 aromatic heterocycles. The molecule has 2 nitrogen and oxygen atoms in total. The lowest BCUT2D eigenvalue weighted by atomic mass is 10.1. The number of nitrogens with zero attached hydrogens (tertiary/aromatic N) is 1. The third-order valence-corrected chi connectivity index (χ3v) is 3.62. The summed E-state index contributed by atoms with van der Waals surface area (Å²) in [5.74, 6) is -0.0669. The lowest BCUT2D eigenvalue weighted by Gasteiger charge is -2.02. The number of benzene rings is 1. The average Bonchev–Trinajstić information content (AvgIpc) is 2.67. The Bertz CT molecular complexity index is 565. The van der Waals surface area contributed by atoms with Gasteiger partial charge >= 0.3 is 0 Å². The molecule has 88 valence electrons. The van der Waals surface area contributed by atoms with E-state index in [1.54, 1.807) is 18.2 Å². The molecule has 0 amide bonds. The summed E-state index contributed by atoms with van der Waals surface area (Å²) < 4.78 is 0. The summed E-state index contributed by atoms with van der Waals surface area (Å²) in [6.07, 6.45) is 0.254. The predicted molar refractivity (Wildman–Crippen MR) is 71.3 cm³/mol. The molecule has 0 atom stereocenters. The van der Waals surface area contributed by atoms with Crippen molar-refractivity contribution in [2.75, 3.05) is 0 Å². The Morgan fingerprint density at radius 2 is 2.18 bits per heavy atom. The topological polar surface area (TPSA) is 30.0 Å². The van der Waals surface area contributed by atoms with Crippen LogP contribution in [0.2, 0.25) is 10.0 Å². The maximum Gasteiger partial charge on any atom is 0.170 e. The van der Waals surface area contributed by atoms with Crippen LogP contribution in [0.15, 0.2) is 23.6 Å². The van der Waals surface area contributed by atoms with Gasteiger partial charge in [0.2, 0.25) is 0 Å². The van der Waals surface area contributed by atoms with Gasteiger partial charge in [0.25, 0.3) is 0 Å². The minimum absolute atomic E-state index is 0.0669. The van der Waals surface area contributed by atoms with Crippen LogP contribution in [0.4, 0.5) is 0 Å². The summed E-state index contributed by atoms with van der Waals surface area (Å²) in [6.45, 7) is 1.91. The van der Waals surface area contributed by atoms with Crippen LogP contribution in [-0.2, 0) is 6.42 Å². The first-order chi connectivity index (χ1) is 8.06. The first-order valence-corrected chi connectivity index (χ1v) is 6.59. The SMILES string of the molecule is Cc1nc(CC(=O)c2cc(Cl)ccc2Cl)cs1. The molecule has 2 rings (SSSR count). The number of hydrogen-bond donors (Lipinski definition) is 0. The molecule has 1 heterocycles. The molecule has 0 saturated heterocycles. The summed E-state index contributed by atoms with van der Waals surface area (Å²) in [5.41, 5.74) is 1.22. The highest BCUT2D eigenvalue weighted by atomic mass is 35.5. The van der Waals surface area contributed by atoms with E-state index in [0.29, 0.717) is 15.6 Å². The molecule has 2 aromatic rings. The monoisotopic (exact) mass is 285 g/mol. The number of rotatable bonds is 3. The van der Waals surface area contributed by atoms with Gasteiger partial charge < -0.3 is 0 Å². The van der Waals surface area contributed by atoms with E-state index in [0.717, 1.165) is 10.7 Å². The molecule has 0 fully saturated rings. The molecule has 0 N–H and O–H groups in total. The molecule has 1 aromatic carbocycles. The van der Waals surface area contributed by atoms with Crippen LogP contribution in [0, 0.1) is 6.92 Å². The first-order valence-electron chi connectivity index (χ1n) is 4.95. The molecule has 0 aliphatic heterocycles. The van der Waals surface area contributed by atoms with Crippen molar-refractivity contribution >= 4 is 40.3 Å². The van der Waals surface area contributed by atoms with Gasteiger partial charge in [-0.25, -0.2) is 4.98 Å². The average molecular weight is 286 g/mol. The first kappa shape index (κ1) is 12.6. The third-order valence-electron chi connectivity index (χ3n) is 2.24. The molecular formula is C12H9Cl2NOS. The number of aryl methyl sites for hydroxylation is 1. The number of aromatic nitrogens is 1. The van der Waals surface area contributed by atoms with Crippen LogP contribution in [-0.4, -0.2) is 10.8 Å². The highest BCUT2D eigenvalue weighted by molar-refractivity contribution is 7.09. The van der Waals surface area contributed by atoms with E-state index >= 15 is 0 Å². The minimum Gasteiger partial charge on any atom is -0.294 e. The van der Waals surface area contributed by atoms with Gasteiger partial charge in [0.1, 0.15) is 0 Å². The zero-order valence-electron chi connectivity index (χ0n) is 9.04. The Morgan fingerprint density at radius 3 is 2.82 bits per heavy atom. The summed E-state index contributed by atoms with van der Waals surface area (Å²) >= 11 is 13.3. The van der Waals surface area contributed by atoms with Gasteiger partial charge in [0.05, 0.1) is 22.1 Å². The van der Waals surface area contributed by atoms with Crippen molar-refractivity contribution < 1.29 is 4.79 Å². The molecule has 0 spiro atoms. The highest BCUT2D eigenvalue weighted by Crippen LogP contribution is 2.22. The molecule has 0 unspecified atom stereocenters. The fraction of sp³-hybridized carbons (Fsp3) is 0.167. The van der Waals surface area contributed by atoms with Crippen molar-refractivity contribution in [3.05, 3.63) is 49.9 Å². The van der Waals surface area contributed by atoms with Gasteiger partial charge in [-0.1, -0.05) is 23.2 Å². The summed E-state index contributed by atoms with van der Waals surface area (Å²) in [5, 5.41) is 3.76. The zero-order valence-corrected chi connectivity index (χ0v) is 11.4. The van der Waals surface area contributed by atoms with Crippen molar-refractivity contribution in [3.63, 3.8) is 0 Å². The maximum absolute atomic E-state index is 12.0. The second-order valence-electron chi connectivity index (χ2n) is 3.58. The summed E-state index contributed by atoms with van der Waals surface area (Å²) in [4.78, 5) is 16.3. The number of carbonyl (C=O) groups excluding carboxylic acids is 1. The lowest BCUT2D eigenvalue weighted by molar-refractivity contribution is 0.0992. The molecule has 17 heavy (non-hydrogen) atoms. The van der Waals surface area contributed by atoms with E-state index in [9.17, 15) is 4.79 Å². The van der Waals surface area contributed by atoms with Gasteiger partial charge in [-0.3, -0.25) is 4.79 Å². The Kier molecular flexibility index (Phi) is 3.82. The Hall–Kier alpha value is -0.900. The lowest BCUT2D eigenvalue weighted by Crippen LogP contribution is -2.04. The van der Waals surface area contributed by atoms with Crippen LogP contribution in [0.3, 0.4) is 0 Å². The Labute approximate surface area is 113 Å². The standard InChI is InChI=1S/C12H9Cl2NOS/c1-7-15-9(6-17-7)5-12(16)10-4-8(13)2-3-11(10)14/h2-4,6H,5H2,1H3. The number of thiazole rings is 1. The summed E-state index contributed by atoms with van der Waals surface area (Å²) in [7, 11) is 0. The van der Waals surface area contributed by atoms with Crippen LogP contribution >= 0.6 is 34.5 Å². The predicted octanol–water partition coefficient (Wildman–Crippen LogP) is 4.18. The molecule has 5 heteroatoms. The number of hydrogen-bond acceptors (Lipinski definition) is 3.